The Labute approximate surface area is 187 Å². The van der Waals surface area contributed by atoms with E-state index < -0.39 is 16.9 Å². The summed E-state index contributed by atoms with van der Waals surface area (Å²) in [6.07, 6.45) is 10.2. The first-order valence-electron chi connectivity index (χ1n) is 11.2. The number of non-ortho nitro benzene ring substituents is 1. The summed E-state index contributed by atoms with van der Waals surface area (Å²) in [5.41, 5.74) is 0.287. The highest BCUT2D eigenvalue weighted by atomic mass is 32.2. The van der Waals surface area contributed by atoms with E-state index >= 15 is 0 Å². The number of nitro benzene ring substituents is 1. The van der Waals surface area contributed by atoms with Crippen LogP contribution >= 0.6 is 11.8 Å². The van der Waals surface area contributed by atoms with Crippen LogP contribution in [0.15, 0.2) is 24.3 Å². The summed E-state index contributed by atoms with van der Waals surface area (Å²) in [5.74, 6) is 2.60. The lowest BCUT2D eigenvalue weighted by Crippen LogP contribution is -2.54. The minimum atomic E-state index is -0.645. The van der Waals surface area contributed by atoms with Crippen molar-refractivity contribution in [2.75, 3.05) is 18.6 Å². The molecule has 1 aromatic rings. The van der Waals surface area contributed by atoms with Crippen LogP contribution in [0.1, 0.15) is 55.3 Å². The fourth-order valence-electron chi connectivity index (χ4n) is 6.41. The Balaban J connectivity index is 1.39. The first kappa shape index (κ1) is 22.1. The van der Waals surface area contributed by atoms with Crippen LogP contribution in [-0.2, 0) is 4.79 Å². The molecule has 4 saturated carbocycles. The molecule has 168 valence electrons. The zero-order valence-corrected chi connectivity index (χ0v) is 18.8. The van der Waals surface area contributed by atoms with Gasteiger partial charge in [0.2, 0.25) is 5.91 Å². The van der Waals surface area contributed by atoms with E-state index in [1.807, 2.05) is 6.26 Å². The third kappa shape index (κ3) is 5.05. The molecule has 0 heterocycles. The van der Waals surface area contributed by atoms with Gasteiger partial charge in [0.05, 0.1) is 4.92 Å². The van der Waals surface area contributed by atoms with Gasteiger partial charge in [-0.15, -0.1) is 0 Å². The van der Waals surface area contributed by atoms with Crippen molar-refractivity contribution in [3.63, 3.8) is 0 Å². The van der Waals surface area contributed by atoms with E-state index in [2.05, 4.69) is 10.6 Å². The van der Waals surface area contributed by atoms with E-state index in [-0.39, 0.29) is 22.6 Å². The van der Waals surface area contributed by atoms with Gasteiger partial charge in [0.25, 0.3) is 11.6 Å². The molecule has 4 fully saturated rings. The third-order valence-corrected chi connectivity index (χ3v) is 8.00. The van der Waals surface area contributed by atoms with Crippen molar-refractivity contribution in [2.24, 2.45) is 23.2 Å². The highest BCUT2D eigenvalue weighted by molar-refractivity contribution is 7.98. The lowest BCUT2D eigenvalue weighted by Gasteiger charge is -2.57. The highest BCUT2D eigenvalue weighted by Gasteiger charge is 2.50. The summed E-state index contributed by atoms with van der Waals surface area (Å²) in [6.45, 7) is 0.692. The molecule has 7 nitrogen and oxygen atoms in total. The Morgan fingerprint density at radius 1 is 1.19 bits per heavy atom. The molecule has 0 spiro atoms. The minimum absolute atomic E-state index is 0.139. The molecular weight excluding hydrogens is 414 g/mol. The van der Waals surface area contributed by atoms with Gasteiger partial charge >= 0.3 is 0 Å². The molecule has 2 amide bonds. The number of amides is 2. The largest absolute Gasteiger partial charge is 0.354 e. The number of carbonyl (C=O) groups excluding carboxylic acids is 2. The number of hydrogen-bond donors (Lipinski definition) is 2. The van der Waals surface area contributed by atoms with Crippen LogP contribution in [0.5, 0.6) is 0 Å². The predicted octanol–water partition coefficient (Wildman–Crippen LogP) is 3.78. The van der Waals surface area contributed by atoms with Crippen LogP contribution in [0.3, 0.4) is 0 Å². The van der Waals surface area contributed by atoms with Gasteiger partial charge in [-0.1, -0.05) is 6.07 Å². The number of nitro groups is 1. The van der Waals surface area contributed by atoms with Crippen molar-refractivity contribution in [2.45, 2.75) is 51.0 Å². The van der Waals surface area contributed by atoms with Gasteiger partial charge in [0.1, 0.15) is 6.04 Å². The van der Waals surface area contributed by atoms with E-state index in [4.69, 9.17) is 0 Å². The van der Waals surface area contributed by atoms with Gasteiger partial charge in [-0.05, 0) is 86.2 Å². The summed E-state index contributed by atoms with van der Waals surface area (Å²) < 4.78 is 0. The Morgan fingerprint density at radius 2 is 1.84 bits per heavy atom. The topological polar surface area (TPSA) is 101 Å². The van der Waals surface area contributed by atoms with Crippen LogP contribution in [0.25, 0.3) is 0 Å². The first-order chi connectivity index (χ1) is 14.9. The van der Waals surface area contributed by atoms with E-state index in [0.717, 1.165) is 23.5 Å². The second-order valence-corrected chi connectivity index (χ2v) is 10.7. The Morgan fingerprint density at radius 3 is 2.42 bits per heavy atom. The van der Waals surface area contributed by atoms with Crippen molar-refractivity contribution >= 4 is 29.3 Å². The Hall–Kier alpha value is -2.09. The smallest absolute Gasteiger partial charge is 0.270 e. The van der Waals surface area contributed by atoms with Gasteiger partial charge in [0, 0.05) is 24.2 Å². The van der Waals surface area contributed by atoms with Gasteiger partial charge in [0.15, 0.2) is 0 Å². The number of nitrogens with zero attached hydrogens (tertiary/aromatic N) is 1. The number of thioether (sulfide) groups is 1. The predicted molar refractivity (Wildman–Crippen MR) is 121 cm³/mol. The maximum atomic E-state index is 13.0. The Bertz CT molecular complexity index is 824. The molecule has 1 aromatic carbocycles. The summed E-state index contributed by atoms with van der Waals surface area (Å²) in [7, 11) is 0. The van der Waals surface area contributed by atoms with Crippen molar-refractivity contribution in [1.82, 2.24) is 10.6 Å². The first-order valence-corrected chi connectivity index (χ1v) is 12.6. The van der Waals surface area contributed by atoms with Crippen LogP contribution < -0.4 is 10.6 Å². The summed E-state index contributed by atoms with van der Waals surface area (Å²) >= 11 is 1.62. The fraction of sp³-hybridized carbons (Fsp3) is 0.652. The normalized spacial score (nSPS) is 29.4. The molecule has 0 saturated heterocycles. The van der Waals surface area contributed by atoms with Crippen LogP contribution in [0.4, 0.5) is 5.69 Å². The molecule has 5 rings (SSSR count). The number of rotatable bonds is 9. The van der Waals surface area contributed by atoms with Gasteiger partial charge in [-0.25, -0.2) is 0 Å². The van der Waals surface area contributed by atoms with Crippen LogP contribution in [0, 0.1) is 33.3 Å². The lowest BCUT2D eigenvalue weighted by atomic mass is 9.49. The lowest BCUT2D eigenvalue weighted by molar-refractivity contribution is -0.384. The fourth-order valence-corrected chi connectivity index (χ4v) is 6.88. The molecular formula is C23H31N3O4S. The molecule has 0 aromatic heterocycles. The molecule has 1 unspecified atom stereocenters. The summed E-state index contributed by atoms with van der Waals surface area (Å²) in [4.78, 5) is 36.2. The number of benzene rings is 1. The molecule has 4 bridgehead atoms. The van der Waals surface area contributed by atoms with Crippen molar-refractivity contribution in [1.29, 1.82) is 0 Å². The zero-order chi connectivity index (χ0) is 22.0. The number of carbonyl (C=O) groups is 2. The number of hydrogen-bond acceptors (Lipinski definition) is 5. The van der Waals surface area contributed by atoms with Crippen LogP contribution in [-0.4, -0.2) is 41.3 Å². The quantitative estimate of drug-likeness (QED) is 0.445. The highest BCUT2D eigenvalue weighted by Crippen LogP contribution is 2.59. The van der Waals surface area contributed by atoms with Crippen molar-refractivity contribution < 1.29 is 14.5 Å². The molecule has 1 atom stereocenters. The van der Waals surface area contributed by atoms with E-state index in [9.17, 15) is 19.7 Å². The maximum Gasteiger partial charge on any atom is 0.270 e. The third-order valence-electron chi connectivity index (χ3n) is 7.35. The molecule has 31 heavy (non-hydrogen) atoms. The SMILES string of the molecule is CSCCC(NC(=O)c1cccc([N+](=O)[O-])c1)C(=O)NCC12CC3CC(CC(C3)C1)C2. The summed E-state index contributed by atoms with van der Waals surface area (Å²) in [6, 6.07) is 4.96. The molecule has 4 aliphatic carbocycles. The molecule has 8 heteroatoms. The van der Waals surface area contributed by atoms with E-state index in [1.54, 1.807) is 11.8 Å². The van der Waals surface area contributed by atoms with Crippen molar-refractivity contribution in [3.8, 4) is 0 Å². The molecule has 0 aliphatic heterocycles. The summed E-state index contributed by atoms with van der Waals surface area (Å²) in [5, 5.41) is 17.0. The van der Waals surface area contributed by atoms with Gasteiger partial charge in [-0.2, -0.15) is 11.8 Å². The van der Waals surface area contributed by atoms with Gasteiger partial charge < -0.3 is 10.6 Å². The molecule has 4 aliphatic rings. The standard InChI is InChI=1S/C23H31N3O4S/c1-31-6-5-20(25-21(27)18-3-2-4-19(10-18)26(29)30)22(28)24-14-23-11-15-7-16(12-23)9-17(8-15)13-23/h2-4,10,15-17,20H,5-9,11-14H2,1H3,(H,24,28)(H,25,27). The minimum Gasteiger partial charge on any atom is -0.354 e. The maximum absolute atomic E-state index is 13.0. The van der Waals surface area contributed by atoms with Crippen LogP contribution in [0.2, 0.25) is 0 Å². The Kier molecular flexibility index (Phi) is 6.55. The number of nitrogens with one attached hydrogen (secondary N) is 2. The van der Waals surface area contributed by atoms with E-state index in [1.165, 1.54) is 62.8 Å². The van der Waals surface area contributed by atoms with Crippen molar-refractivity contribution in [3.05, 3.63) is 39.9 Å². The zero-order valence-electron chi connectivity index (χ0n) is 18.0. The molecule has 2 N–H and O–H groups in total. The average molecular weight is 446 g/mol. The average Bonchev–Trinajstić information content (AvgIpc) is 2.74. The second kappa shape index (κ2) is 9.18. The van der Waals surface area contributed by atoms with Gasteiger partial charge in [-0.3, -0.25) is 19.7 Å². The van der Waals surface area contributed by atoms with E-state index in [0.29, 0.717) is 13.0 Å². The monoisotopic (exact) mass is 445 g/mol. The second-order valence-electron chi connectivity index (χ2n) is 9.75. The molecule has 0 radical (unpaired) electrons.